The molecule has 0 N–H and O–H groups in total. The molecule has 1 nitrogen and oxygen atoms in total. The van der Waals surface area contributed by atoms with Crippen molar-refractivity contribution in [2.45, 2.75) is 19.3 Å². The smallest absolute Gasteiger partial charge is 0.166 e. The van der Waals surface area contributed by atoms with Crippen LogP contribution in [0.1, 0.15) is 27.9 Å². The van der Waals surface area contributed by atoms with Gasteiger partial charge in [-0.15, -0.1) is 0 Å². The molecule has 0 saturated carbocycles. The van der Waals surface area contributed by atoms with E-state index in [-0.39, 0.29) is 17.5 Å². The van der Waals surface area contributed by atoms with Crippen LogP contribution in [0.4, 0.5) is 4.39 Å². The second-order valence-electron chi connectivity index (χ2n) is 5.09. The van der Waals surface area contributed by atoms with Crippen molar-refractivity contribution in [1.82, 2.24) is 0 Å². The molecule has 0 bridgehead atoms. The summed E-state index contributed by atoms with van der Waals surface area (Å²) in [4.78, 5) is 12.4. The molecule has 0 amide bonds. The SMILES string of the molecule is O=C1c2ccccc2CCC1Cc1ccc(F)cc1. The molecule has 0 aromatic heterocycles. The van der Waals surface area contributed by atoms with Gasteiger partial charge in [0.2, 0.25) is 0 Å². The molecule has 2 aromatic rings. The molecule has 1 aliphatic rings. The third-order valence-electron chi connectivity index (χ3n) is 3.81. The van der Waals surface area contributed by atoms with E-state index in [9.17, 15) is 9.18 Å². The topological polar surface area (TPSA) is 17.1 Å². The van der Waals surface area contributed by atoms with Crippen LogP contribution in [0.2, 0.25) is 0 Å². The molecule has 0 radical (unpaired) electrons. The van der Waals surface area contributed by atoms with E-state index in [1.54, 1.807) is 12.1 Å². The van der Waals surface area contributed by atoms with Crippen molar-refractivity contribution in [3.63, 3.8) is 0 Å². The Morgan fingerprint density at radius 2 is 1.79 bits per heavy atom. The zero-order valence-electron chi connectivity index (χ0n) is 10.6. The number of benzene rings is 2. The number of hydrogen-bond acceptors (Lipinski definition) is 1. The highest BCUT2D eigenvalue weighted by atomic mass is 19.1. The van der Waals surface area contributed by atoms with Crippen molar-refractivity contribution in [3.8, 4) is 0 Å². The van der Waals surface area contributed by atoms with Gasteiger partial charge in [-0.1, -0.05) is 36.4 Å². The Morgan fingerprint density at radius 1 is 1.05 bits per heavy atom. The van der Waals surface area contributed by atoms with E-state index in [0.717, 1.165) is 29.5 Å². The molecule has 0 heterocycles. The van der Waals surface area contributed by atoms with Crippen molar-refractivity contribution < 1.29 is 9.18 Å². The Labute approximate surface area is 112 Å². The maximum atomic E-state index is 12.9. The number of ketones is 1. The molecule has 0 aliphatic heterocycles. The van der Waals surface area contributed by atoms with Crippen LogP contribution < -0.4 is 0 Å². The second kappa shape index (κ2) is 4.96. The fourth-order valence-electron chi connectivity index (χ4n) is 2.76. The number of Topliss-reactive ketones (excluding diaryl/α,β-unsaturated/α-hetero) is 1. The minimum Gasteiger partial charge on any atom is -0.294 e. The number of fused-ring (bicyclic) bond motifs is 1. The quantitative estimate of drug-likeness (QED) is 0.796. The highest BCUT2D eigenvalue weighted by molar-refractivity contribution is 6.00. The average molecular weight is 254 g/mol. The lowest BCUT2D eigenvalue weighted by atomic mass is 9.80. The van der Waals surface area contributed by atoms with E-state index >= 15 is 0 Å². The molecule has 1 unspecified atom stereocenters. The molecule has 0 saturated heterocycles. The lowest BCUT2D eigenvalue weighted by Crippen LogP contribution is -2.24. The minimum atomic E-state index is -0.232. The summed E-state index contributed by atoms with van der Waals surface area (Å²) in [6, 6.07) is 14.3. The first-order valence-electron chi connectivity index (χ1n) is 6.60. The predicted octanol–water partition coefficient (Wildman–Crippen LogP) is 3.81. The van der Waals surface area contributed by atoms with Gasteiger partial charge in [0.25, 0.3) is 0 Å². The summed E-state index contributed by atoms with van der Waals surface area (Å²) >= 11 is 0. The van der Waals surface area contributed by atoms with E-state index in [2.05, 4.69) is 0 Å². The summed E-state index contributed by atoms with van der Waals surface area (Å²) in [5.74, 6) is 0.0237. The van der Waals surface area contributed by atoms with Gasteiger partial charge in [0.05, 0.1) is 0 Å². The third-order valence-corrected chi connectivity index (χ3v) is 3.81. The predicted molar refractivity (Wildman–Crippen MR) is 72.7 cm³/mol. The number of carbonyl (C=O) groups excluding carboxylic acids is 1. The number of aryl methyl sites for hydroxylation is 1. The van der Waals surface area contributed by atoms with Gasteiger partial charge in [-0.2, -0.15) is 0 Å². The number of rotatable bonds is 2. The summed E-state index contributed by atoms with van der Waals surface area (Å²) in [5, 5.41) is 0. The highest BCUT2D eigenvalue weighted by Gasteiger charge is 2.26. The van der Waals surface area contributed by atoms with Gasteiger partial charge in [-0.05, 0) is 42.5 Å². The molecule has 96 valence electrons. The molecular formula is C17H15FO. The van der Waals surface area contributed by atoms with E-state index < -0.39 is 0 Å². The molecular weight excluding hydrogens is 239 g/mol. The van der Waals surface area contributed by atoms with Crippen LogP contribution in [-0.4, -0.2) is 5.78 Å². The monoisotopic (exact) mass is 254 g/mol. The number of halogens is 1. The van der Waals surface area contributed by atoms with Crippen LogP contribution in [0.15, 0.2) is 48.5 Å². The lowest BCUT2D eigenvalue weighted by Gasteiger charge is -2.23. The Morgan fingerprint density at radius 3 is 2.58 bits per heavy atom. The molecule has 2 heteroatoms. The summed E-state index contributed by atoms with van der Waals surface area (Å²) in [6.07, 6.45) is 2.54. The zero-order chi connectivity index (χ0) is 13.2. The van der Waals surface area contributed by atoms with Crippen LogP contribution in [0.25, 0.3) is 0 Å². The van der Waals surface area contributed by atoms with E-state index in [4.69, 9.17) is 0 Å². The van der Waals surface area contributed by atoms with Crippen molar-refractivity contribution in [2.24, 2.45) is 5.92 Å². The zero-order valence-corrected chi connectivity index (χ0v) is 10.6. The standard InChI is InChI=1S/C17H15FO/c18-15-9-5-12(6-10-15)11-14-8-7-13-3-1-2-4-16(13)17(14)19/h1-6,9-10,14H,7-8,11H2. The van der Waals surface area contributed by atoms with Gasteiger partial charge in [0, 0.05) is 11.5 Å². The summed E-state index contributed by atoms with van der Waals surface area (Å²) in [5.41, 5.74) is 3.04. The molecule has 0 spiro atoms. The molecule has 19 heavy (non-hydrogen) atoms. The molecule has 1 aliphatic carbocycles. The van der Waals surface area contributed by atoms with Gasteiger partial charge < -0.3 is 0 Å². The van der Waals surface area contributed by atoms with Crippen molar-refractivity contribution in [1.29, 1.82) is 0 Å². The first-order chi connectivity index (χ1) is 9.24. The molecule has 2 aromatic carbocycles. The Balaban J connectivity index is 1.81. The van der Waals surface area contributed by atoms with Crippen LogP contribution in [0.5, 0.6) is 0 Å². The van der Waals surface area contributed by atoms with Gasteiger partial charge in [-0.25, -0.2) is 4.39 Å². The Bertz CT molecular complexity index is 601. The Kier molecular flexibility index (Phi) is 3.16. The Hall–Kier alpha value is -1.96. The van der Waals surface area contributed by atoms with Crippen molar-refractivity contribution >= 4 is 5.78 Å². The van der Waals surface area contributed by atoms with Gasteiger partial charge in [-0.3, -0.25) is 4.79 Å². The van der Waals surface area contributed by atoms with E-state index in [0.29, 0.717) is 6.42 Å². The van der Waals surface area contributed by atoms with E-state index in [1.807, 2.05) is 24.3 Å². The summed E-state index contributed by atoms with van der Waals surface area (Å²) < 4.78 is 12.9. The van der Waals surface area contributed by atoms with E-state index in [1.165, 1.54) is 12.1 Å². The minimum absolute atomic E-state index is 0.0281. The molecule has 0 fully saturated rings. The van der Waals surface area contributed by atoms with Gasteiger partial charge >= 0.3 is 0 Å². The van der Waals surface area contributed by atoms with Crippen LogP contribution in [0.3, 0.4) is 0 Å². The fraction of sp³-hybridized carbons (Fsp3) is 0.235. The van der Waals surface area contributed by atoms with Crippen LogP contribution in [0, 0.1) is 11.7 Å². The second-order valence-corrected chi connectivity index (χ2v) is 5.09. The molecule has 3 rings (SSSR count). The van der Waals surface area contributed by atoms with Gasteiger partial charge in [0.1, 0.15) is 5.82 Å². The van der Waals surface area contributed by atoms with Crippen LogP contribution in [-0.2, 0) is 12.8 Å². The van der Waals surface area contributed by atoms with Crippen molar-refractivity contribution in [2.75, 3.05) is 0 Å². The van der Waals surface area contributed by atoms with Crippen molar-refractivity contribution in [3.05, 3.63) is 71.0 Å². The lowest BCUT2D eigenvalue weighted by molar-refractivity contribution is 0.0901. The molecule has 1 atom stereocenters. The number of carbonyl (C=O) groups is 1. The third kappa shape index (κ3) is 2.43. The normalized spacial score (nSPS) is 18.2. The summed E-state index contributed by atoms with van der Waals surface area (Å²) in [6.45, 7) is 0. The first kappa shape index (κ1) is 12.1. The average Bonchev–Trinajstić information content (AvgIpc) is 2.45. The summed E-state index contributed by atoms with van der Waals surface area (Å²) in [7, 11) is 0. The largest absolute Gasteiger partial charge is 0.294 e. The van der Waals surface area contributed by atoms with Crippen LogP contribution >= 0.6 is 0 Å². The maximum Gasteiger partial charge on any atom is 0.166 e. The number of hydrogen-bond donors (Lipinski definition) is 0. The maximum absolute atomic E-state index is 12.9. The first-order valence-corrected chi connectivity index (χ1v) is 6.60. The fourth-order valence-corrected chi connectivity index (χ4v) is 2.76. The van der Waals surface area contributed by atoms with Gasteiger partial charge in [0.15, 0.2) is 5.78 Å². The highest BCUT2D eigenvalue weighted by Crippen LogP contribution is 2.27.